The average Bonchev–Trinajstić information content (AvgIpc) is 3.92. The number of nitrogens with one attached hydrogen (secondary N) is 14. The third-order valence-electron chi connectivity index (χ3n) is 13.6. The minimum absolute atomic E-state index is 0.0902. The molecule has 0 spiro atoms. The van der Waals surface area contributed by atoms with Gasteiger partial charge in [-0.05, 0) is 56.2 Å². The van der Waals surface area contributed by atoms with Gasteiger partial charge in [0.05, 0.1) is 12.4 Å². The minimum Gasteiger partial charge on any atom is -0.481 e. The number of aromatic nitrogens is 3. The van der Waals surface area contributed by atoms with Crippen molar-refractivity contribution in [1.82, 2.24) is 73.0 Å². The number of para-hydroxylation sites is 1. The lowest BCUT2D eigenvalue weighted by Crippen LogP contribution is -2.61. The summed E-state index contributed by atoms with van der Waals surface area (Å²) < 4.78 is 0. The number of aliphatic carboxylic acids is 1. The van der Waals surface area contributed by atoms with E-state index < -0.39 is 133 Å². The summed E-state index contributed by atoms with van der Waals surface area (Å²) >= 11 is 0. The molecule has 30 nitrogen and oxygen atoms in total. The molecule has 6 rings (SSSR count). The number of benzene rings is 2. The first-order valence-corrected chi connectivity index (χ1v) is 29.6. The van der Waals surface area contributed by atoms with Crippen LogP contribution in [-0.4, -0.2) is 181 Å². The summed E-state index contributed by atoms with van der Waals surface area (Å²) in [6, 6.07) is 3.42. The number of hydrogen-bond acceptors (Lipinski definition) is 16. The van der Waals surface area contributed by atoms with E-state index in [9.17, 15) is 57.8 Å². The average molecular weight is 1220 g/mol. The van der Waals surface area contributed by atoms with Crippen molar-refractivity contribution in [1.29, 1.82) is 10.8 Å². The van der Waals surface area contributed by atoms with Gasteiger partial charge in [0.25, 0.3) is 5.91 Å². The Balaban J connectivity index is 1.37. The van der Waals surface area contributed by atoms with E-state index in [-0.39, 0.29) is 75.0 Å². The zero-order chi connectivity index (χ0) is 61.6. The van der Waals surface area contributed by atoms with E-state index in [0.29, 0.717) is 28.1 Å². The number of carbonyl (C=O) groups is 11. The van der Waals surface area contributed by atoms with Gasteiger partial charge < -0.3 is 79.7 Å². The summed E-state index contributed by atoms with van der Waals surface area (Å²) in [4.78, 5) is 164. The Bertz CT molecular complexity index is 3080. The van der Waals surface area contributed by atoms with Crippen LogP contribution in [-0.2, 0) is 67.2 Å². The number of nitrogens with two attached hydrogens (primary N) is 2. The quantitative estimate of drug-likeness (QED) is 0.0136. The molecule has 0 saturated carbocycles. The van der Waals surface area contributed by atoms with Crippen molar-refractivity contribution >= 4 is 109 Å². The number of carboxylic acids is 1. The molecule has 0 bridgehead atoms. The lowest BCUT2D eigenvalue weighted by atomic mass is 10.0. The molecule has 456 valence electrons. The van der Waals surface area contributed by atoms with E-state index >= 15 is 0 Å². The fourth-order valence-electron chi connectivity index (χ4n) is 9.09. The maximum Gasteiger partial charge on any atom is 0.325 e. The van der Waals surface area contributed by atoms with Gasteiger partial charge >= 0.3 is 12.0 Å². The number of guanidine groups is 2. The smallest absolute Gasteiger partial charge is 0.325 e. The van der Waals surface area contributed by atoms with Crippen molar-refractivity contribution in [3.63, 3.8) is 0 Å². The van der Waals surface area contributed by atoms with Crippen LogP contribution in [0.15, 0.2) is 73.3 Å². The number of carbonyl (C=O) groups excluding carboxylic acids is 10. The Morgan fingerprint density at radius 1 is 0.659 bits per heavy atom. The van der Waals surface area contributed by atoms with Crippen LogP contribution in [0.4, 0.5) is 4.79 Å². The van der Waals surface area contributed by atoms with Gasteiger partial charge in [-0.2, -0.15) is 0 Å². The third-order valence-corrected chi connectivity index (χ3v) is 16.0. The molecule has 4 aromatic rings. The summed E-state index contributed by atoms with van der Waals surface area (Å²) in [7, 11) is 1.92. The predicted octanol–water partition coefficient (Wildman–Crippen LogP) is -2.39. The van der Waals surface area contributed by atoms with E-state index in [4.69, 9.17) is 22.3 Å². The monoisotopic (exact) mass is 1210 g/mol. The van der Waals surface area contributed by atoms with Gasteiger partial charge in [0.2, 0.25) is 41.4 Å². The van der Waals surface area contributed by atoms with Gasteiger partial charge in [-0.15, -0.1) is 0 Å². The summed E-state index contributed by atoms with van der Waals surface area (Å²) in [6.45, 7) is 0.668. The lowest BCUT2D eigenvalue weighted by molar-refractivity contribution is -0.138. The van der Waals surface area contributed by atoms with Gasteiger partial charge in [0, 0.05) is 79.3 Å². The fraction of sp³-hybridized carbons (Fsp3) is 0.434. The van der Waals surface area contributed by atoms with Crippen LogP contribution in [0, 0.1) is 10.8 Å². The number of amides is 10. The van der Waals surface area contributed by atoms with Gasteiger partial charge in [-0.1, -0.05) is 70.1 Å². The number of rotatable bonds is 21. The number of imide groups is 1. The number of Topliss-reactive ketones (excluding diaryl/α,β-unsaturated/α-hetero) is 1. The molecule has 0 aliphatic carbocycles. The Hall–Kier alpha value is -9.20. The molecule has 2 saturated heterocycles. The standard InChI is InChI=1S/C53H70N18O12S2/c1-28(72)40-25-84-85-26-41(63-42(73)24-71-50(82)36(70-53(71)83)14-8-18-60-52(56)57)49(81)65-35(15-16-43(74)75)45(77)68-39(21-31-23-58-27-62-31)48(80)66-37(19-29-9-3-2-4-10-29)46(78)64-34(13-7-17-59-51(54)55)44(76)67-38(47(79)69-40)20-30-22-61-33-12-6-5-11-32(30)33/h2-6,9-12,22-23,27,34-41,61H,7-8,13-21,24-26H2,1H3,(H,58,62)(H,63,73)(H,64,78)(H,65,81)(H,66,80)(H,67,76)(H,68,77)(H,69,79)(H,70,83)(H,74,75)(H4,54,55,59)(H4,56,57,60)/t34-,35-,36+,37+,38-,39-,40-,41-/m0/s1. The van der Waals surface area contributed by atoms with Crippen molar-refractivity contribution in [2.45, 2.75) is 113 Å². The largest absolute Gasteiger partial charge is 0.481 e. The van der Waals surface area contributed by atoms with Crippen LogP contribution in [0.1, 0.15) is 62.3 Å². The first kappa shape index (κ1) is 65.0. The Kier molecular flexibility index (Phi) is 24.5. The number of imidazole rings is 1. The number of urea groups is 1. The van der Waals surface area contributed by atoms with E-state index in [1.54, 1.807) is 48.7 Å². The van der Waals surface area contributed by atoms with Crippen LogP contribution in [0.3, 0.4) is 0 Å². The first-order valence-electron chi connectivity index (χ1n) is 27.1. The van der Waals surface area contributed by atoms with Gasteiger partial charge in [0.1, 0.15) is 48.8 Å². The molecular formula is C53H70N18O12S2. The topological polar surface area (TPSA) is 476 Å². The zero-order valence-electron chi connectivity index (χ0n) is 46.3. The lowest BCUT2D eigenvalue weighted by Gasteiger charge is -2.28. The molecule has 8 atom stereocenters. The zero-order valence-corrected chi connectivity index (χ0v) is 47.9. The van der Waals surface area contributed by atoms with Crippen LogP contribution in [0.25, 0.3) is 10.9 Å². The second-order valence-corrected chi connectivity index (χ2v) is 22.6. The Morgan fingerprint density at radius 2 is 1.21 bits per heavy atom. The van der Waals surface area contributed by atoms with Crippen molar-refractivity contribution in [3.05, 3.63) is 90.1 Å². The van der Waals surface area contributed by atoms with Crippen LogP contribution >= 0.6 is 21.6 Å². The molecule has 32 heteroatoms. The molecular weight excluding hydrogens is 1140 g/mol. The molecule has 10 amide bonds. The maximum absolute atomic E-state index is 14.8. The number of ketones is 1. The molecule has 0 radical (unpaired) electrons. The molecule has 2 fully saturated rings. The maximum atomic E-state index is 14.8. The highest BCUT2D eigenvalue weighted by molar-refractivity contribution is 8.76. The Morgan fingerprint density at radius 3 is 1.84 bits per heavy atom. The number of H-pyrrole nitrogens is 2. The van der Waals surface area contributed by atoms with E-state index in [1.807, 2.05) is 12.1 Å². The highest BCUT2D eigenvalue weighted by Crippen LogP contribution is 2.25. The summed E-state index contributed by atoms with van der Waals surface area (Å²) in [5, 5.41) is 51.7. The minimum atomic E-state index is -1.71. The van der Waals surface area contributed by atoms with Crippen molar-refractivity contribution in [3.8, 4) is 0 Å². The number of carboxylic acid groups (broad SMARTS) is 1. The van der Waals surface area contributed by atoms with Crippen molar-refractivity contribution in [2.75, 3.05) is 31.1 Å². The van der Waals surface area contributed by atoms with Crippen molar-refractivity contribution in [2.24, 2.45) is 11.5 Å². The van der Waals surface area contributed by atoms with Gasteiger partial charge in [-0.3, -0.25) is 63.7 Å². The van der Waals surface area contributed by atoms with Crippen LogP contribution < -0.4 is 64.6 Å². The van der Waals surface area contributed by atoms with E-state index in [0.717, 1.165) is 32.5 Å². The highest BCUT2D eigenvalue weighted by atomic mass is 33.1. The van der Waals surface area contributed by atoms with E-state index in [1.165, 1.54) is 19.4 Å². The van der Waals surface area contributed by atoms with Gasteiger partial charge in [-0.25, -0.2) is 9.78 Å². The van der Waals surface area contributed by atoms with Crippen LogP contribution in [0.5, 0.6) is 0 Å². The second kappa shape index (κ2) is 32.0. The number of nitrogens with zero attached hydrogens (tertiary/aromatic N) is 2. The molecule has 4 heterocycles. The number of hydrogen-bond donors (Lipinski definition) is 17. The summed E-state index contributed by atoms with van der Waals surface area (Å²) in [5.74, 6) is -10.3. The molecule has 85 heavy (non-hydrogen) atoms. The molecule has 2 aliphatic heterocycles. The van der Waals surface area contributed by atoms with Gasteiger partial charge in [0.15, 0.2) is 17.7 Å². The second-order valence-electron chi connectivity index (χ2n) is 20.0. The molecule has 2 aliphatic rings. The summed E-state index contributed by atoms with van der Waals surface area (Å²) in [5.41, 5.74) is 13.1. The number of fused-ring (bicyclic) bond motifs is 1. The Labute approximate surface area is 495 Å². The SMILES string of the molecule is CC(=O)[C@@H]1CSSC[C@H](NC(=O)CN2C(=O)N[C@H](CCCNC(=N)N)C2=O)C(=O)N[C@@H](CCC(=O)O)C(=O)N[C@@H](Cc2cnc[nH]2)C(=O)N[C@H](Cc2ccccc2)C(=O)N[C@@H](CCCNC(=N)N)C(=O)N[C@@H](Cc2c[nH]c3ccccc23)C(=O)N1. The molecule has 0 unspecified atom stereocenters. The normalized spacial score (nSPS) is 22.3. The summed E-state index contributed by atoms with van der Waals surface area (Å²) in [6.07, 6.45) is 3.02. The molecule has 2 aromatic carbocycles. The number of aromatic amines is 2. The highest BCUT2D eigenvalue weighted by Gasteiger charge is 2.40. The predicted molar refractivity (Wildman–Crippen MR) is 313 cm³/mol. The third kappa shape index (κ3) is 20.3. The van der Waals surface area contributed by atoms with Crippen molar-refractivity contribution < 1.29 is 57.8 Å². The molecule has 19 N–H and O–H groups in total. The fourth-order valence-corrected chi connectivity index (χ4v) is 11.5. The first-order chi connectivity index (χ1) is 40.6. The molecule has 2 aromatic heterocycles. The van der Waals surface area contributed by atoms with E-state index in [2.05, 4.69) is 68.1 Å². The van der Waals surface area contributed by atoms with Crippen LogP contribution in [0.2, 0.25) is 0 Å².